The number of fused-ring (bicyclic) bond motifs is 15. The lowest BCUT2D eigenvalue weighted by molar-refractivity contribution is 0.133. The quantitative estimate of drug-likeness (QED) is 0.0270. The van der Waals surface area contributed by atoms with Gasteiger partial charge in [0.25, 0.3) is 0 Å². The van der Waals surface area contributed by atoms with Crippen molar-refractivity contribution in [3.05, 3.63) is 367 Å². The molecule has 8 aromatic carbocycles. The van der Waals surface area contributed by atoms with Crippen molar-refractivity contribution in [1.29, 1.82) is 0 Å². The van der Waals surface area contributed by atoms with Crippen molar-refractivity contribution in [2.24, 2.45) is 40.5 Å². The van der Waals surface area contributed by atoms with E-state index in [9.17, 15) is 22.7 Å². The van der Waals surface area contributed by atoms with Crippen LogP contribution in [0.2, 0.25) is 0 Å². The van der Waals surface area contributed by atoms with E-state index in [1.165, 1.54) is 82.3 Å². The van der Waals surface area contributed by atoms with Gasteiger partial charge in [-0.1, -0.05) is 106 Å². The molecule has 26 nitrogen and oxygen atoms in total. The molecule has 722 valence electrons. The first-order valence-corrected chi connectivity index (χ1v) is 48.1. The highest BCUT2D eigenvalue weighted by molar-refractivity contribution is 5.97. The summed E-state index contributed by atoms with van der Waals surface area (Å²) in [4.78, 5) is 15.9. The van der Waals surface area contributed by atoms with E-state index in [4.69, 9.17) is 67.1 Å². The second-order valence-electron chi connectivity index (χ2n) is 40.1. The number of aromatic nitrogens is 15. The van der Waals surface area contributed by atoms with E-state index in [1.54, 1.807) is 50.2 Å². The summed E-state index contributed by atoms with van der Waals surface area (Å²) in [5.41, 5.74) is 31.8. The molecule has 0 spiro atoms. The van der Waals surface area contributed by atoms with Crippen LogP contribution in [-0.2, 0) is 66.6 Å². The molecule has 143 heavy (non-hydrogen) atoms. The van der Waals surface area contributed by atoms with Crippen LogP contribution in [0, 0.1) is 79.9 Å². The number of aliphatic hydroxyl groups is 1. The van der Waals surface area contributed by atoms with Gasteiger partial charge in [0, 0.05) is 137 Å². The summed E-state index contributed by atoms with van der Waals surface area (Å²) >= 11 is 0. The van der Waals surface area contributed by atoms with Gasteiger partial charge in [-0.3, -0.25) is 0 Å². The van der Waals surface area contributed by atoms with Gasteiger partial charge >= 0.3 is 0 Å². The van der Waals surface area contributed by atoms with Gasteiger partial charge < -0.3 is 38.7 Å². The Morgan fingerprint density at radius 1 is 0.392 bits per heavy atom. The molecule has 25 rings (SSSR count). The first kappa shape index (κ1) is 93.3. The molecule has 9 aromatic heterocycles. The van der Waals surface area contributed by atoms with Crippen molar-refractivity contribution in [1.82, 2.24) is 74.9 Å². The summed E-state index contributed by atoms with van der Waals surface area (Å²) in [7, 11) is 0. The minimum Gasteiger partial charge on any atom is -0.523 e. The molecule has 0 saturated heterocycles. The molecule has 0 radical (unpaired) electrons. The molecule has 8 aliphatic carbocycles. The predicted octanol–water partition coefficient (Wildman–Crippen LogP) is 24.8. The zero-order chi connectivity index (χ0) is 98.3. The van der Waals surface area contributed by atoms with Crippen LogP contribution in [0.15, 0.2) is 252 Å². The van der Waals surface area contributed by atoms with Gasteiger partial charge in [-0.05, 0) is 283 Å². The topological polar surface area (TPSA) is 315 Å². The van der Waals surface area contributed by atoms with Gasteiger partial charge in [-0.2, -0.15) is 30.4 Å². The van der Waals surface area contributed by atoms with E-state index in [0.717, 1.165) is 195 Å². The lowest BCUT2D eigenvalue weighted by atomic mass is 9.56. The maximum absolute atomic E-state index is 13.8. The lowest BCUT2D eigenvalue weighted by Crippen LogP contribution is -2.45. The third kappa shape index (κ3) is 15.8. The van der Waals surface area contributed by atoms with Crippen molar-refractivity contribution >= 4 is 11.5 Å². The van der Waals surface area contributed by atoms with Crippen LogP contribution in [0.4, 0.5) is 23.2 Å². The van der Waals surface area contributed by atoms with E-state index in [2.05, 4.69) is 108 Å². The highest BCUT2D eigenvalue weighted by Crippen LogP contribution is 2.61. The Kier molecular flexibility index (Phi) is 23.7. The molecule has 0 bridgehead atoms. The van der Waals surface area contributed by atoms with Crippen LogP contribution in [-0.4, -0.2) is 91.0 Å². The number of rotatable bonds is 11. The number of amidine groups is 1. The third-order valence-corrected chi connectivity index (χ3v) is 32.0. The van der Waals surface area contributed by atoms with Crippen molar-refractivity contribution in [3.8, 4) is 90.6 Å². The highest BCUT2D eigenvalue weighted by Gasteiger charge is 2.57. The monoisotopic (exact) mass is 1920 g/mol. The second kappa shape index (κ2) is 36.3. The fraction of sp³-hybridized carbons (Fsp3) is 0.310. The molecule has 17 aromatic rings. The molecule has 0 fully saturated rings. The van der Waals surface area contributed by atoms with E-state index in [-0.39, 0.29) is 88.1 Å². The molecule has 12 atom stereocenters. The lowest BCUT2D eigenvalue weighted by Gasteiger charge is -2.48. The first-order valence-electron chi connectivity index (χ1n) is 48.1. The Bertz CT molecular complexity index is 7870. The van der Waals surface area contributed by atoms with Crippen LogP contribution in [0.5, 0.6) is 0 Å². The van der Waals surface area contributed by atoms with Gasteiger partial charge in [-0.15, -0.1) is 0 Å². The summed E-state index contributed by atoms with van der Waals surface area (Å²) in [6.45, 7) is 36.5. The standard InChI is InChI=1S/2C29H26FN5O2.C27H26FN5O2.C27H23FN4O.CH4/c1-16-24-13-12-23-25(18-4-8-21(30)9-5-18)33-35(27(23)29(24,3)14-20-15-31-37-26(16)20)22-10-6-19(7-11-22)28-32-17(2)36-34-28;1-16-23-14-13-22-25(18-5-9-20(30)10-6-18)33-35(27(22)29(23,3)15-24(31-4)26(16)36)21-11-7-19(8-12-21)28-32-17(2)37-34-28;1-15-22-12-11-21-23(16-3-7-19(28)8-4-16)31-33(20-9-5-17(6-10-20)26(29)32-34)25(21)27(22,2)13-18-14-30-35-24(15)18;1-16-23-13-12-22-24(17-4-6-19(28)7-5-17)31-32(21-10-8-20(29-3)9-11-21)26(22)27(23,2)14-18-15-30-33-25(16)18;/h4-11,15-16,24H,12-14H2,1-3H3;5-12,16,23,36H,13-15H2,1-3H3;3-10,14-15,22,34H,11-13H2,1-2H3,(H2,29,32);4-11,15-16,23H,12-14H2,1-2H3;1H4/t16-,24-,29-;16-,23-,29-;15-,22-,27-;16-,23-,27-;/m1111./s1. The molecule has 4 N–H and O–H groups in total. The van der Waals surface area contributed by atoms with Gasteiger partial charge in [0.2, 0.25) is 29.1 Å². The largest absolute Gasteiger partial charge is 0.523 e. The number of aryl methyl sites for hydroxylation is 2. The second-order valence-corrected chi connectivity index (χ2v) is 40.1. The van der Waals surface area contributed by atoms with E-state index in [0.29, 0.717) is 64.6 Å². The Morgan fingerprint density at radius 3 is 0.951 bits per heavy atom. The number of aliphatic hydroxyl groups excluding tert-OH is 1. The molecule has 0 saturated carbocycles. The summed E-state index contributed by atoms with van der Waals surface area (Å²) in [5, 5.41) is 63.8. The Morgan fingerprint density at radius 2 is 0.671 bits per heavy atom. The van der Waals surface area contributed by atoms with E-state index in [1.807, 2.05) is 144 Å². The molecule has 0 unspecified atom stereocenters. The fourth-order valence-corrected chi connectivity index (χ4v) is 25.3. The molecule has 9 heterocycles. The first-order chi connectivity index (χ1) is 68.6. The van der Waals surface area contributed by atoms with Crippen LogP contribution in [0.1, 0.15) is 209 Å². The zero-order valence-electron chi connectivity index (χ0n) is 79.9. The van der Waals surface area contributed by atoms with Crippen molar-refractivity contribution in [3.63, 3.8) is 0 Å². The summed E-state index contributed by atoms with van der Waals surface area (Å²) in [5.74, 6) is 6.25. The SMILES string of the molecule is C.C[C@H]1c2oncc2C[C@@]2(C)c3c(c(-c4ccc(F)cc4)nn3-c3ccc(C(N)=NO)cc3)CC[C@H]12.Cc1nc(-c2ccc(-n3nc(-c4ccc(F)cc4)c4c3[C@]3(C)Cc5cnoc5[C@H](C)[C@H]3CC4)cc2)no1.[C-]#[N+]C1=C(O)[C@H](C)[C@H]2CCc3c(-c4ccc(F)cc4)nn(-c4ccc(-c5noc(C)n5)cc4)c3[C@]2(C)C1.[C-]#[N+]c1ccc(-n2nc(-c3ccc(F)cc3)c3c2[C@]2(C)Cc4cnoc4[C@H](C)[C@H]2CC3)cc1. The van der Waals surface area contributed by atoms with Gasteiger partial charge in [0.1, 0.15) is 40.5 Å². The molecule has 0 aliphatic heterocycles. The van der Waals surface area contributed by atoms with Crippen molar-refractivity contribution in [2.75, 3.05) is 0 Å². The van der Waals surface area contributed by atoms with Crippen LogP contribution >= 0.6 is 0 Å². The average molecular weight is 1920 g/mol. The van der Waals surface area contributed by atoms with E-state index >= 15 is 0 Å². The minimum absolute atomic E-state index is 0. The number of benzene rings is 8. The number of halogens is 4. The van der Waals surface area contributed by atoms with E-state index < -0.39 is 5.41 Å². The minimum atomic E-state index is -0.409. The summed E-state index contributed by atoms with van der Waals surface area (Å²) < 4.78 is 90.3. The Hall–Kier alpha value is -16.0. The number of allylic oxidation sites excluding steroid dienone is 2. The average Bonchev–Trinajstić information content (AvgIpc) is 1.60. The molecular weight excluding hydrogens is 1810 g/mol. The Labute approximate surface area is 823 Å². The van der Waals surface area contributed by atoms with Crippen LogP contribution in [0.25, 0.3) is 100 Å². The van der Waals surface area contributed by atoms with Gasteiger partial charge in [0.15, 0.2) is 11.5 Å². The number of nitrogens with two attached hydrogens (primary N) is 1. The Balaban J connectivity index is 0.000000112. The van der Waals surface area contributed by atoms with Gasteiger partial charge in [-0.25, -0.2) is 46.0 Å². The smallest absolute Gasteiger partial charge is 0.223 e. The molecular formula is C113H105F4N19O7. The van der Waals surface area contributed by atoms with Crippen LogP contribution in [0.3, 0.4) is 0 Å². The van der Waals surface area contributed by atoms with Gasteiger partial charge in [0.05, 0.1) is 106 Å². The van der Waals surface area contributed by atoms with Crippen LogP contribution < -0.4 is 5.73 Å². The molecule has 8 aliphatic rings. The number of hydrogen-bond acceptors (Lipinski definition) is 19. The number of nitrogens with zero attached hydrogens (tertiary/aromatic N) is 18. The maximum atomic E-state index is 13.8. The maximum Gasteiger partial charge on any atom is 0.223 e. The third-order valence-electron chi connectivity index (χ3n) is 32.0. The summed E-state index contributed by atoms with van der Waals surface area (Å²) in [6, 6.07) is 57.2. The summed E-state index contributed by atoms with van der Waals surface area (Å²) in [6.07, 6.45) is 15.9. The fourth-order valence-electron chi connectivity index (χ4n) is 25.3. The molecule has 30 heteroatoms. The van der Waals surface area contributed by atoms with Crippen molar-refractivity contribution < 1.29 is 50.5 Å². The predicted molar refractivity (Wildman–Crippen MR) is 530 cm³/mol. The molecule has 0 amide bonds. The van der Waals surface area contributed by atoms with Crippen molar-refractivity contribution in [2.45, 2.75) is 193 Å². The highest BCUT2D eigenvalue weighted by atomic mass is 19.1. The number of oxime groups is 1. The zero-order valence-corrected chi connectivity index (χ0v) is 79.9. The normalized spacial score (nSPS) is 22.8. The number of hydrogen-bond donors (Lipinski definition) is 3.